The summed E-state index contributed by atoms with van der Waals surface area (Å²) in [5, 5.41) is 8.77. The molecule has 0 amide bonds. The van der Waals surface area contributed by atoms with E-state index in [0.717, 1.165) is 31.1 Å². The summed E-state index contributed by atoms with van der Waals surface area (Å²) in [4.78, 5) is 0. The monoisotopic (exact) mass is 269 g/mol. The Bertz CT molecular complexity index is 711. The molecule has 20 heavy (non-hydrogen) atoms. The van der Waals surface area contributed by atoms with Gasteiger partial charge in [0, 0.05) is 29.7 Å². The highest BCUT2D eigenvalue weighted by molar-refractivity contribution is 5.84. The van der Waals surface area contributed by atoms with Crippen LogP contribution < -0.4 is 5.32 Å². The lowest BCUT2D eigenvalue weighted by atomic mass is 10.2. The number of hydrogen-bond acceptors (Lipinski definition) is 3. The topological polar surface area (TPSA) is 43.0 Å². The fraction of sp³-hybridized carbons (Fsp3) is 0.312. The number of aromatic nitrogens is 2. The molecule has 1 aromatic carbocycles. The number of fused-ring (bicyclic) bond motifs is 1. The molecule has 0 fully saturated rings. The Kier molecular flexibility index (Phi) is 3.56. The SMILES string of the molecule is CCNCc1cn(Cc2cc(C)on2)c2ccccc12. The van der Waals surface area contributed by atoms with E-state index >= 15 is 0 Å². The van der Waals surface area contributed by atoms with Gasteiger partial charge < -0.3 is 14.4 Å². The molecular weight excluding hydrogens is 250 g/mol. The summed E-state index contributed by atoms with van der Waals surface area (Å²) >= 11 is 0. The zero-order valence-electron chi connectivity index (χ0n) is 11.9. The molecule has 2 heterocycles. The first-order valence-electron chi connectivity index (χ1n) is 6.97. The Morgan fingerprint density at radius 3 is 2.90 bits per heavy atom. The molecule has 0 bridgehead atoms. The largest absolute Gasteiger partial charge is 0.361 e. The fourth-order valence-corrected chi connectivity index (χ4v) is 2.52. The third-order valence-corrected chi connectivity index (χ3v) is 3.45. The van der Waals surface area contributed by atoms with Crippen molar-refractivity contribution in [1.82, 2.24) is 15.0 Å². The second kappa shape index (κ2) is 5.51. The van der Waals surface area contributed by atoms with E-state index in [2.05, 4.69) is 52.4 Å². The standard InChI is InChI=1S/C16H19N3O/c1-3-17-9-13-10-19(11-14-8-12(2)20-18-14)16-7-5-4-6-15(13)16/h4-8,10,17H,3,9,11H2,1-2H3. The zero-order chi connectivity index (χ0) is 13.9. The number of aryl methyl sites for hydroxylation is 1. The smallest absolute Gasteiger partial charge is 0.133 e. The van der Waals surface area contributed by atoms with Crippen molar-refractivity contribution in [3.8, 4) is 0 Å². The van der Waals surface area contributed by atoms with Crippen molar-refractivity contribution in [2.45, 2.75) is 26.9 Å². The molecule has 4 heteroatoms. The summed E-state index contributed by atoms with van der Waals surface area (Å²) < 4.78 is 7.38. The van der Waals surface area contributed by atoms with Gasteiger partial charge in [0.2, 0.25) is 0 Å². The van der Waals surface area contributed by atoms with Crippen molar-refractivity contribution < 1.29 is 4.52 Å². The molecule has 0 aliphatic carbocycles. The fourth-order valence-electron chi connectivity index (χ4n) is 2.52. The Labute approximate surface area is 118 Å². The van der Waals surface area contributed by atoms with Gasteiger partial charge in [0.25, 0.3) is 0 Å². The van der Waals surface area contributed by atoms with Gasteiger partial charge in [-0.25, -0.2) is 0 Å². The van der Waals surface area contributed by atoms with Crippen molar-refractivity contribution >= 4 is 10.9 Å². The molecule has 0 unspecified atom stereocenters. The Morgan fingerprint density at radius 1 is 1.30 bits per heavy atom. The van der Waals surface area contributed by atoms with Crippen LogP contribution in [-0.2, 0) is 13.1 Å². The van der Waals surface area contributed by atoms with Crippen molar-refractivity contribution in [1.29, 1.82) is 0 Å². The first kappa shape index (κ1) is 12.9. The van der Waals surface area contributed by atoms with Gasteiger partial charge in [-0.15, -0.1) is 0 Å². The van der Waals surface area contributed by atoms with Crippen molar-refractivity contribution in [2.24, 2.45) is 0 Å². The van der Waals surface area contributed by atoms with Crippen LogP contribution in [0.25, 0.3) is 10.9 Å². The molecule has 0 aliphatic heterocycles. The van der Waals surface area contributed by atoms with Crippen molar-refractivity contribution in [3.63, 3.8) is 0 Å². The van der Waals surface area contributed by atoms with Gasteiger partial charge >= 0.3 is 0 Å². The summed E-state index contributed by atoms with van der Waals surface area (Å²) in [5.41, 5.74) is 3.52. The molecule has 0 saturated heterocycles. The second-order valence-corrected chi connectivity index (χ2v) is 5.01. The van der Waals surface area contributed by atoms with Gasteiger partial charge in [0.05, 0.1) is 6.54 Å². The van der Waals surface area contributed by atoms with Crippen LogP contribution in [-0.4, -0.2) is 16.3 Å². The molecule has 2 aromatic heterocycles. The summed E-state index contributed by atoms with van der Waals surface area (Å²) in [7, 11) is 0. The van der Waals surface area contributed by atoms with Crippen LogP contribution in [0.3, 0.4) is 0 Å². The van der Waals surface area contributed by atoms with Crippen LogP contribution in [0.2, 0.25) is 0 Å². The molecule has 0 atom stereocenters. The van der Waals surface area contributed by atoms with E-state index in [1.807, 2.05) is 13.0 Å². The predicted octanol–water partition coefficient (Wildman–Crippen LogP) is 3.10. The van der Waals surface area contributed by atoms with E-state index in [-0.39, 0.29) is 0 Å². The number of nitrogens with zero attached hydrogens (tertiary/aromatic N) is 2. The number of hydrogen-bond donors (Lipinski definition) is 1. The Morgan fingerprint density at radius 2 is 2.15 bits per heavy atom. The summed E-state index contributed by atoms with van der Waals surface area (Å²) in [6.07, 6.45) is 2.21. The van der Waals surface area contributed by atoms with Crippen LogP contribution in [0.5, 0.6) is 0 Å². The minimum atomic E-state index is 0.740. The second-order valence-electron chi connectivity index (χ2n) is 5.01. The number of para-hydroxylation sites is 1. The normalized spacial score (nSPS) is 11.3. The average Bonchev–Trinajstić information content (AvgIpc) is 3.02. The van der Waals surface area contributed by atoms with Crippen LogP contribution >= 0.6 is 0 Å². The minimum absolute atomic E-state index is 0.740. The van der Waals surface area contributed by atoms with Gasteiger partial charge in [-0.3, -0.25) is 0 Å². The van der Waals surface area contributed by atoms with E-state index in [1.54, 1.807) is 0 Å². The highest BCUT2D eigenvalue weighted by Crippen LogP contribution is 2.22. The van der Waals surface area contributed by atoms with Gasteiger partial charge in [-0.1, -0.05) is 30.3 Å². The van der Waals surface area contributed by atoms with Crippen LogP contribution in [0.15, 0.2) is 41.1 Å². The molecule has 0 aliphatic rings. The van der Waals surface area contributed by atoms with E-state index in [1.165, 1.54) is 16.5 Å². The van der Waals surface area contributed by atoms with Gasteiger partial charge in [0.15, 0.2) is 0 Å². The maximum absolute atomic E-state index is 5.14. The summed E-state index contributed by atoms with van der Waals surface area (Å²) in [6, 6.07) is 10.5. The van der Waals surface area contributed by atoms with E-state index < -0.39 is 0 Å². The third kappa shape index (κ3) is 2.47. The maximum atomic E-state index is 5.14. The highest BCUT2D eigenvalue weighted by Gasteiger charge is 2.09. The number of nitrogens with one attached hydrogen (secondary N) is 1. The van der Waals surface area contributed by atoms with Crippen LogP contribution in [0.1, 0.15) is 23.9 Å². The van der Waals surface area contributed by atoms with Gasteiger partial charge in [-0.05, 0) is 25.1 Å². The lowest BCUT2D eigenvalue weighted by Crippen LogP contribution is -2.11. The molecule has 4 nitrogen and oxygen atoms in total. The average molecular weight is 269 g/mol. The predicted molar refractivity (Wildman–Crippen MR) is 79.7 cm³/mol. The summed E-state index contributed by atoms with van der Waals surface area (Å²) in [5.74, 6) is 0.851. The molecular formula is C16H19N3O. The lowest BCUT2D eigenvalue weighted by molar-refractivity contribution is 0.389. The van der Waals surface area contributed by atoms with Crippen LogP contribution in [0, 0.1) is 6.92 Å². The summed E-state index contributed by atoms with van der Waals surface area (Å²) in [6.45, 7) is 6.64. The lowest BCUT2D eigenvalue weighted by Gasteiger charge is -2.01. The molecule has 0 saturated carbocycles. The third-order valence-electron chi connectivity index (χ3n) is 3.45. The van der Waals surface area contributed by atoms with E-state index in [0.29, 0.717) is 0 Å². The first-order chi connectivity index (χ1) is 9.78. The van der Waals surface area contributed by atoms with Gasteiger partial charge in [-0.2, -0.15) is 0 Å². The number of rotatable bonds is 5. The molecule has 3 aromatic rings. The van der Waals surface area contributed by atoms with E-state index in [9.17, 15) is 0 Å². The van der Waals surface area contributed by atoms with Gasteiger partial charge in [0.1, 0.15) is 11.5 Å². The molecule has 0 radical (unpaired) electrons. The van der Waals surface area contributed by atoms with Crippen molar-refractivity contribution in [3.05, 3.63) is 53.5 Å². The zero-order valence-corrected chi connectivity index (χ0v) is 11.9. The quantitative estimate of drug-likeness (QED) is 0.774. The Balaban J connectivity index is 1.97. The number of benzene rings is 1. The Hall–Kier alpha value is -2.07. The maximum Gasteiger partial charge on any atom is 0.133 e. The molecule has 3 rings (SSSR count). The first-order valence-corrected chi connectivity index (χ1v) is 6.97. The molecule has 104 valence electrons. The van der Waals surface area contributed by atoms with Crippen molar-refractivity contribution in [2.75, 3.05) is 6.54 Å². The molecule has 1 N–H and O–H groups in total. The van der Waals surface area contributed by atoms with Crippen LogP contribution in [0.4, 0.5) is 0 Å². The molecule has 0 spiro atoms. The highest BCUT2D eigenvalue weighted by atomic mass is 16.5. The minimum Gasteiger partial charge on any atom is -0.361 e. The van der Waals surface area contributed by atoms with E-state index in [4.69, 9.17) is 4.52 Å².